The number of hydrogen-bond acceptors (Lipinski definition) is 4. The van der Waals surface area contributed by atoms with Crippen LogP contribution >= 0.6 is 11.6 Å². The molecule has 2 aromatic carbocycles. The fourth-order valence-electron chi connectivity index (χ4n) is 2.35. The van der Waals surface area contributed by atoms with Gasteiger partial charge in [0, 0.05) is 29.1 Å². The van der Waals surface area contributed by atoms with Crippen molar-refractivity contribution in [2.24, 2.45) is 4.99 Å². The number of carboxylic acids is 2. The molecule has 7 heteroatoms. The van der Waals surface area contributed by atoms with Crippen LogP contribution in [0.1, 0.15) is 5.56 Å². The molecule has 0 bridgehead atoms. The lowest BCUT2D eigenvalue weighted by Crippen LogP contribution is -2.17. The third-order valence-electron chi connectivity index (χ3n) is 3.46. The summed E-state index contributed by atoms with van der Waals surface area (Å²) in [5.74, 6) is -2.51. The van der Waals surface area contributed by atoms with E-state index in [0.717, 1.165) is 23.4 Å². The molecule has 0 radical (unpaired) electrons. The van der Waals surface area contributed by atoms with Crippen LogP contribution in [0.2, 0.25) is 5.02 Å². The third-order valence-corrected chi connectivity index (χ3v) is 3.79. The molecule has 1 unspecified atom stereocenters. The van der Waals surface area contributed by atoms with Gasteiger partial charge in [-0.25, -0.2) is 9.59 Å². The van der Waals surface area contributed by atoms with Crippen LogP contribution < -0.4 is 5.32 Å². The van der Waals surface area contributed by atoms with E-state index in [2.05, 4.69) is 34.6 Å². The number of fused-ring (bicyclic) bond motifs is 1. The second-order valence-electron chi connectivity index (χ2n) is 5.35. The van der Waals surface area contributed by atoms with Gasteiger partial charge >= 0.3 is 11.9 Å². The highest BCUT2D eigenvalue weighted by Crippen LogP contribution is 2.25. The maximum Gasteiger partial charge on any atom is 0.328 e. The first kappa shape index (κ1) is 18.5. The second-order valence-corrected chi connectivity index (χ2v) is 5.76. The van der Waals surface area contributed by atoms with Crippen LogP contribution in [0.5, 0.6) is 0 Å². The van der Waals surface area contributed by atoms with E-state index in [1.165, 1.54) is 10.9 Å². The van der Waals surface area contributed by atoms with Crippen molar-refractivity contribution in [3.05, 3.63) is 59.1 Å². The standard InChI is InChI=1S/C14H13ClN2.C4H4O4/c15-14-3-1-2-11-5-4-10(7-13(11)14)6-12-8-16-9-17-12;5-3(6)1-2-4(7)8/h1-5,7,9,12H,6,8H2,(H,16,17);1-2H,(H,5,6)(H,7,8). The number of nitrogens with one attached hydrogen (secondary N) is 1. The van der Waals surface area contributed by atoms with Crippen molar-refractivity contribution in [1.29, 1.82) is 0 Å². The lowest BCUT2D eigenvalue weighted by molar-refractivity contribution is -0.134. The molecule has 0 aliphatic carbocycles. The number of aliphatic imine (C=N–C) groups is 1. The minimum atomic E-state index is -1.26. The monoisotopic (exact) mass is 360 g/mol. The van der Waals surface area contributed by atoms with Crippen molar-refractivity contribution >= 4 is 40.7 Å². The first-order valence-electron chi connectivity index (χ1n) is 7.52. The Morgan fingerprint density at radius 3 is 2.52 bits per heavy atom. The van der Waals surface area contributed by atoms with E-state index < -0.39 is 11.9 Å². The molecular weight excluding hydrogens is 344 g/mol. The Morgan fingerprint density at radius 2 is 1.92 bits per heavy atom. The zero-order valence-electron chi connectivity index (χ0n) is 13.2. The van der Waals surface area contributed by atoms with Crippen LogP contribution in [0.4, 0.5) is 0 Å². The fourth-order valence-corrected chi connectivity index (χ4v) is 2.58. The minimum Gasteiger partial charge on any atom is -0.478 e. The highest BCUT2D eigenvalue weighted by atomic mass is 35.5. The van der Waals surface area contributed by atoms with E-state index in [9.17, 15) is 9.59 Å². The van der Waals surface area contributed by atoms with Crippen LogP contribution in [0.3, 0.4) is 0 Å². The maximum atomic E-state index is 9.55. The molecule has 1 heterocycles. The van der Waals surface area contributed by atoms with Crippen LogP contribution in [-0.2, 0) is 16.0 Å². The van der Waals surface area contributed by atoms with Gasteiger partial charge in [-0.3, -0.25) is 4.99 Å². The zero-order valence-corrected chi connectivity index (χ0v) is 14.0. The number of hydrogen-bond donors (Lipinski definition) is 3. The highest BCUT2D eigenvalue weighted by Gasteiger charge is 2.11. The molecule has 1 atom stereocenters. The molecule has 3 N–H and O–H groups in total. The molecule has 0 saturated carbocycles. The lowest BCUT2D eigenvalue weighted by atomic mass is 10.0. The number of rotatable bonds is 4. The molecule has 130 valence electrons. The number of nitrogens with zero attached hydrogens (tertiary/aromatic N) is 1. The summed E-state index contributed by atoms with van der Waals surface area (Å²) in [6.45, 7) is 0.931. The number of benzene rings is 2. The van der Waals surface area contributed by atoms with Gasteiger partial charge in [-0.05, 0) is 29.5 Å². The number of carbonyl (C=O) groups is 2. The van der Waals surface area contributed by atoms with Crippen LogP contribution in [-0.4, -0.2) is 41.1 Å². The summed E-state index contributed by atoms with van der Waals surface area (Å²) >= 11 is 6.20. The summed E-state index contributed by atoms with van der Waals surface area (Å²) in [6, 6.07) is 12.8. The van der Waals surface area contributed by atoms with Gasteiger partial charge in [-0.15, -0.1) is 0 Å². The van der Waals surface area contributed by atoms with Gasteiger partial charge in [0.2, 0.25) is 0 Å². The summed E-state index contributed by atoms with van der Waals surface area (Å²) < 4.78 is 0. The number of aliphatic carboxylic acids is 2. The van der Waals surface area contributed by atoms with Gasteiger partial charge < -0.3 is 15.5 Å². The molecule has 2 aromatic rings. The summed E-state index contributed by atoms with van der Waals surface area (Å²) in [5, 5.41) is 21.9. The zero-order chi connectivity index (χ0) is 18.2. The molecular formula is C18H17ClN2O4. The van der Waals surface area contributed by atoms with Gasteiger partial charge in [0.25, 0.3) is 0 Å². The molecule has 0 aromatic heterocycles. The molecule has 3 rings (SSSR count). The van der Waals surface area contributed by atoms with Crippen LogP contribution in [0.25, 0.3) is 10.8 Å². The Bertz CT molecular complexity index is 817. The van der Waals surface area contributed by atoms with Crippen molar-refractivity contribution < 1.29 is 19.8 Å². The Hall–Kier alpha value is -2.86. The lowest BCUT2D eigenvalue weighted by Gasteiger charge is -2.08. The van der Waals surface area contributed by atoms with Crippen molar-refractivity contribution in [1.82, 2.24) is 5.32 Å². The summed E-state index contributed by atoms with van der Waals surface area (Å²) in [5.41, 5.74) is 1.29. The highest BCUT2D eigenvalue weighted by molar-refractivity contribution is 6.35. The van der Waals surface area contributed by atoms with Crippen molar-refractivity contribution in [3.63, 3.8) is 0 Å². The van der Waals surface area contributed by atoms with Crippen molar-refractivity contribution in [3.8, 4) is 0 Å². The average molecular weight is 361 g/mol. The van der Waals surface area contributed by atoms with E-state index in [4.69, 9.17) is 21.8 Å². The normalized spacial score (nSPS) is 15.6. The van der Waals surface area contributed by atoms with Crippen LogP contribution in [0, 0.1) is 0 Å². The predicted octanol–water partition coefficient (Wildman–Crippen LogP) is 2.75. The van der Waals surface area contributed by atoms with E-state index in [-0.39, 0.29) is 0 Å². The first-order chi connectivity index (χ1) is 12.0. The Balaban J connectivity index is 0.000000242. The van der Waals surface area contributed by atoms with Crippen LogP contribution in [0.15, 0.2) is 53.5 Å². The summed E-state index contributed by atoms with van der Waals surface area (Å²) in [6.07, 6.45) is 3.87. The van der Waals surface area contributed by atoms with Gasteiger partial charge in [0.15, 0.2) is 0 Å². The molecule has 6 nitrogen and oxygen atoms in total. The van der Waals surface area contributed by atoms with E-state index >= 15 is 0 Å². The molecule has 25 heavy (non-hydrogen) atoms. The van der Waals surface area contributed by atoms with E-state index in [1.807, 2.05) is 12.1 Å². The fraction of sp³-hybridized carbons (Fsp3) is 0.167. The number of carboxylic acid groups (broad SMARTS) is 2. The average Bonchev–Trinajstić information content (AvgIpc) is 3.07. The molecule has 0 spiro atoms. The van der Waals surface area contributed by atoms with Crippen molar-refractivity contribution in [2.75, 3.05) is 6.54 Å². The van der Waals surface area contributed by atoms with Gasteiger partial charge in [-0.1, -0.05) is 35.9 Å². The van der Waals surface area contributed by atoms with E-state index in [1.54, 1.807) is 6.34 Å². The third kappa shape index (κ3) is 5.93. The van der Waals surface area contributed by atoms with Gasteiger partial charge in [0.1, 0.15) is 0 Å². The molecule has 0 amide bonds. The Labute approximate surface area is 149 Å². The molecule has 1 aliphatic rings. The summed E-state index contributed by atoms with van der Waals surface area (Å²) in [7, 11) is 0. The first-order valence-corrected chi connectivity index (χ1v) is 7.89. The summed E-state index contributed by atoms with van der Waals surface area (Å²) in [4.78, 5) is 23.5. The van der Waals surface area contributed by atoms with Gasteiger partial charge in [0.05, 0.1) is 12.4 Å². The van der Waals surface area contributed by atoms with Gasteiger partial charge in [-0.2, -0.15) is 0 Å². The Kier molecular flexibility index (Phi) is 6.54. The van der Waals surface area contributed by atoms with E-state index in [0.29, 0.717) is 18.2 Å². The molecule has 1 aliphatic heterocycles. The minimum absolute atomic E-state index is 0.356. The number of halogens is 1. The SMILES string of the molecule is Clc1cccc2ccc(CC3CNC=N3)cc12.O=C(O)C=CC(=O)O. The quantitative estimate of drug-likeness (QED) is 0.728. The maximum absolute atomic E-state index is 9.55. The molecule has 0 fully saturated rings. The predicted molar refractivity (Wildman–Crippen MR) is 97.4 cm³/mol. The van der Waals surface area contributed by atoms with Crippen molar-refractivity contribution in [2.45, 2.75) is 12.5 Å². The largest absolute Gasteiger partial charge is 0.478 e. The topological polar surface area (TPSA) is 99.0 Å². The smallest absolute Gasteiger partial charge is 0.328 e. The second kappa shape index (κ2) is 8.84. The Morgan fingerprint density at radius 1 is 1.20 bits per heavy atom. The molecule has 0 saturated heterocycles.